The molecule has 0 saturated carbocycles. The Morgan fingerprint density at radius 3 is 2.89 bits per heavy atom. The summed E-state index contributed by atoms with van der Waals surface area (Å²) in [5, 5.41) is 24.7. The predicted octanol–water partition coefficient (Wildman–Crippen LogP) is 1.52. The molecule has 1 fully saturated rings. The maximum Gasteiger partial charge on any atom is 0.315 e. The molecule has 1 aromatic heterocycles. The van der Waals surface area contributed by atoms with Gasteiger partial charge >= 0.3 is 5.69 Å². The van der Waals surface area contributed by atoms with Crippen LogP contribution in [0, 0.1) is 15.9 Å². The number of aromatic hydroxyl groups is 1. The molecule has 2 aromatic rings. The molecule has 0 radical (unpaired) electrons. The van der Waals surface area contributed by atoms with Crippen molar-refractivity contribution >= 4 is 23.7 Å². The summed E-state index contributed by atoms with van der Waals surface area (Å²) in [4.78, 5) is 19.9. The predicted molar refractivity (Wildman–Crippen MR) is 97.6 cm³/mol. The Bertz CT molecular complexity index is 903. The molecule has 1 aromatic carbocycles. The van der Waals surface area contributed by atoms with Crippen LogP contribution in [0.5, 0.6) is 11.5 Å². The fourth-order valence-electron chi connectivity index (χ4n) is 2.56. The van der Waals surface area contributed by atoms with E-state index in [-0.39, 0.29) is 17.5 Å². The molecule has 1 aliphatic heterocycles. The van der Waals surface area contributed by atoms with Crippen molar-refractivity contribution in [3.63, 3.8) is 0 Å². The van der Waals surface area contributed by atoms with Crippen LogP contribution < -0.4 is 15.1 Å². The standard InChI is InChI=1S/C16H17FN6O5/c1-27-13-7-10(6-12(14(13)24)23(25)26)8-19-21-16-18-9-11(17)15(20-16)22-2-4-28-5-3-22/h6-9,24H,2-5H2,1H3,(H,18,20,21)/b19-8+. The molecule has 0 spiro atoms. The lowest BCUT2D eigenvalue weighted by atomic mass is 10.2. The second kappa shape index (κ2) is 8.43. The van der Waals surface area contributed by atoms with Crippen LogP contribution in [0.3, 0.4) is 0 Å². The van der Waals surface area contributed by atoms with Gasteiger partial charge in [-0.15, -0.1) is 0 Å². The molecule has 2 N–H and O–H groups in total. The van der Waals surface area contributed by atoms with Crippen molar-refractivity contribution in [2.75, 3.05) is 43.7 Å². The third-order valence-electron chi connectivity index (χ3n) is 3.91. The number of rotatable bonds is 6. The number of phenolic OH excluding ortho intramolecular Hbond substituents is 1. The van der Waals surface area contributed by atoms with Crippen LogP contribution >= 0.6 is 0 Å². The van der Waals surface area contributed by atoms with Crippen molar-refractivity contribution in [2.45, 2.75) is 0 Å². The summed E-state index contributed by atoms with van der Waals surface area (Å²) in [6, 6.07) is 2.51. The molecule has 1 aliphatic rings. The number of morpholine rings is 1. The number of benzene rings is 1. The van der Waals surface area contributed by atoms with Crippen LogP contribution in [0.4, 0.5) is 21.8 Å². The zero-order chi connectivity index (χ0) is 20.1. The largest absolute Gasteiger partial charge is 0.500 e. The third-order valence-corrected chi connectivity index (χ3v) is 3.91. The molecule has 0 unspecified atom stereocenters. The number of ether oxygens (including phenoxy) is 2. The van der Waals surface area contributed by atoms with Crippen molar-refractivity contribution in [1.29, 1.82) is 0 Å². The first kappa shape index (κ1) is 19.2. The Kier molecular flexibility index (Phi) is 5.79. The molecule has 11 nitrogen and oxygen atoms in total. The van der Waals surface area contributed by atoms with E-state index in [4.69, 9.17) is 9.47 Å². The van der Waals surface area contributed by atoms with Crippen LogP contribution in [-0.4, -0.2) is 59.6 Å². The van der Waals surface area contributed by atoms with Gasteiger partial charge in [-0.3, -0.25) is 10.1 Å². The molecule has 0 amide bonds. The molecule has 0 atom stereocenters. The summed E-state index contributed by atoms with van der Waals surface area (Å²) < 4.78 is 24.2. The highest BCUT2D eigenvalue weighted by atomic mass is 19.1. The maximum atomic E-state index is 14.0. The molecule has 148 valence electrons. The summed E-state index contributed by atoms with van der Waals surface area (Å²) in [7, 11) is 1.28. The highest BCUT2D eigenvalue weighted by Gasteiger charge is 2.20. The van der Waals surface area contributed by atoms with Gasteiger partial charge in [-0.05, 0) is 6.07 Å². The van der Waals surface area contributed by atoms with Gasteiger partial charge in [-0.2, -0.15) is 10.1 Å². The third kappa shape index (κ3) is 4.23. The number of hydrazone groups is 1. The quantitative estimate of drug-likeness (QED) is 0.426. The van der Waals surface area contributed by atoms with E-state index in [1.807, 2.05) is 0 Å². The second-order valence-corrected chi connectivity index (χ2v) is 5.68. The van der Waals surface area contributed by atoms with Crippen LogP contribution in [0.2, 0.25) is 0 Å². The minimum Gasteiger partial charge on any atom is -0.500 e. The first-order chi connectivity index (χ1) is 13.5. The van der Waals surface area contributed by atoms with E-state index in [0.29, 0.717) is 31.9 Å². The minimum atomic E-state index is -0.736. The lowest BCUT2D eigenvalue weighted by Gasteiger charge is -2.27. The van der Waals surface area contributed by atoms with Crippen molar-refractivity contribution in [2.24, 2.45) is 5.10 Å². The van der Waals surface area contributed by atoms with Crippen LogP contribution in [0.15, 0.2) is 23.4 Å². The summed E-state index contributed by atoms with van der Waals surface area (Å²) in [6.07, 6.45) is 2.29. The number of phenols is 1. The minimum absolute atomic E-state index is 0.0550. The molecular formula is C16H17FN6O5. The first-order valence-corrected chi connectivity index (χ1v) is 8.19. The van der Waals surface area contributed by atoms with Gasteiger partial charge in [-0.1, -0.05) is 0 Å². The smallest absolute Gasteiger partial charge is 0.315 e. The molecule has 2 heterocycles. The maximum absolute atomic E-state index is 14.0. The van der Waals surface area contributed by atoms with Gasteiger partial charge in [0.2, 0.25) is 11.7 Å². The molecule has 3 rings (SSSR count). The van der Waals surface area contributed by atoms with Crippen LogP contribution in [0.1, 0.15) is 5.56 Å². The normalized spacial score (nSPS) is 14.3. The van der Waals surface area contributed by atoms with Crippen LogP contribution in [0.25, 0.3) is 0 Å². The Hall–Kier alpha value is -3.54. The number of nitro groups is 1. The number of aromatic nitrogens is 2. The van der Waals surface area contributed by atoms with E-state index in [0.717, 1.165) is 12.3 Å². The molecule has 12 heteroatoms. The van der Waals surface area contributed by atoms with Crippen molar-refractivity contribution < 1.29 is 23.9 Å². The highest BCUT2D eigenvalue weighted by molar-refractivity contribution is 5.83. The fourth-order valence-corrected chi connectivity index (χ4v) is 2.56. The average molecular weight is 392 g/mol. The van der Waals surface area contributed by atoms with Gasteiger partial charge in [0.15, 0.2) is 17.4 Å². The zero-order valence-corrected chi connectivity index (χ0v) is 14.8. The lowest BCUT2D eigenvalue weighted by Crippen LogP contribution is -2.37. The summed E-state index contributed by atoms with van der Waals surface area (Å²) in [5.74, 6) is -1.01. The lowest BCUT2D eigenvalue weighted by molar-refractivity contribution is -0.386. The number of nitrogens with one attached hydrogen (secondary N) is 1. The van der Waals surface area contributed by atoms with E-state index in [2.05, 4.69) is 20.5 Å². The number of nitrogens with zero attached hydrogens (tertiary/aromatic N) is 5. The number of methoxy groups -OCH3 is 1. The topological polar surface area (TPSA) is 135 Å². The number of hydrogen-bond donors (Lipinski definition) is 2. The van der Waals surface area contributed by atoms with E-state index in [1.165, 1.54) is 19.4 Å². The van der Waals surface area contributed by atoms with Gasteiger partial charge in [0.1, 0.15) is 0 Å². The molecule has 1 saturated heterocycles. The molecule has 28 heavy (non-hydrogen) atoms. The van der Waals surface area contributed by atoms with Gasteiger partial charge in [-0.25, -0.2) is 14.8 Å². The van der Waals surface area contributed by atoms with Crippen molar-refractivity contribution in [3.8, 4) is 11.5 Å². The molecular weight excluding hydrogens is 375 g/mol. The monoisotopic (exact) mass is 392 g/mol. The van der Waals surface area contributed by atoms with E-state index in [9.17, 15) is 19.6 Å². The number of nitro benzene ring substituents is 1. The van der Waals surface area contributed by atoms with E-state index >= 15 is 0 Å². The Morgan fingerprint density at radius 2 is 2.21 bits per heavy atom. The number of halogens is 1. The van der Waals surface area contributed by atoms with Crippen molar-refractivity contribution in [1.82, 2.24) is 9.97 Å². The summed E-state index contributed by atoms with van der Waals surface area (Å²) in [5.41, 5.74) is 2.33. The highest BCUT2D eigenvalue weighted by Crippen LogP contribution is 2.36. The van der Waals surface area contributed by atoms with Gasteiger partial charge in [0.25, 0.3) is 0 Å². The molecule has 0 bridgehead atoms. The SMILES string of the molecule is COc1cc(/C=N/Nc2ncc(F)c(N3CCOCC3)n2)cc([N+](=O)[O-])c1O. The Labute approximate surface area is 158 Å². The van der Waals surface area contributed by atoms with Crippen molar-refractivity contribution in [3.05, 3.63) is 39.8 Å². The van der Waals surface area contributed by atoms with E-state index < -0.39 is 22.2 Å². The van der Waals surface area contributed by atoms with Gasteiger partial charge in [0, 0.05) is 24.7 Å². The van der Waals surface area contributed by atoms with Gasteiger partial charge < -0.3 is 19.5 Å². The first-order valence-electron chi connectivity index (χ1n) is 8.19. The second-order valence-electron chi connectivity index (χ2n) is 5.68. The molecule has 0 aliphatic carbocycles. The summed E-state index contributed by atoms with van der Waals surface area (Å²) in [6.45, 7) is 1.97. The summed E-state index contributed by atoms with van der Waals surface area (Å²) >= 11 is 0. The van der Waals surface area contributed by atoms with Gasteiger partial charge in [0.05, 0.1) is 37.7 Å². The Morgan fingerprint density at radius 1 is 1.46 bits per heavy atom. The number of anilines is 2. The fraction of sp³-hybridized carbons (Fsp3) is 0.312. The van der Waals surface area contributed by atoms with Crippen LogP contribution in [-0.2, 0) is 4.74 Å². The average Bonchev–Trinajstić information content (AvgIpc) is 2.70. The number of hydrogen-bond acceptors (Lipinski definition) is 10. The van der Waals surface area contributed by atoms with E-state index in [1.54, 1.807) is 4.90 Å². The zero-order valence-electron chi connectivity index (χ0n) is 14.8. The Balaban J connectivity index is 1.78.